The minimum absolute atomic E-state index is 0.982. The molecule has 2 rings (SSSR count). The maximum Gasteiger partial charge on any atom is 0.122 e. The number of nitrogens with two attached hydrogens (primary N) is 1. The fourth-order valence-corrected chi connectivity index (χ4v) is 2.46. The zero-order valence-corrected chi connectivity index (χ0v) is 12.6. The molecule has 0 spiro atoms. The Hall–Kier alpha value is -1.80. The van der Waals surface area contributed by atoms with Crippen LogP contribution in [0.15, 0.2) is 42.5 Å². The maximum atomic E-state index is 5.35. The van der Waals surface area contributed by atoms with Gasteiger partial charge in [-0.3, -0.25) is 0 Å². The van der Waals surface area contributed by atoms with E-state index in [1.165, 1.54) is 22.3 Å². The van der Waals surface area contributed by atoms with E-state index in [2.05, 4.69) is 61.6 Å². The number of aryl methyl sites for hydroxylation is 2. The van der Waals surface area contributed by atoms with E-state index < -0.39 is 0 Å². The van der Waals surface area contributed by atoms with Gasteiger partial charge >= 0.3 is 0 Å². The minimum Gasteiger partial charge on any atom is -0.496 e. The Bertz CT molecular complexity index is 549. The number of methoxy groups -OCH3 is 1. The Morgan fingerprint density at radius 2 is 1.75 bits per heavy atom. The molecule has 0 radical (unpaired) electrons. The number of quaternary nitrogens is 1. The Balaban J connectivity index is 1.87. The van der Waals surface area contributed by atoms with Crippen LogP contribution < -0.4 is 10.1 Å². The van der Waals surface area contributed by atoms with E-state index in [9.17, 15) is 0 Å². The first kappa shape index (κ1) is 14.6. The van der Waals surface area contributed by atoms with Crippen molar-refractivity contribution in [2.45, 2.75) is 26.8 Å². The molecule has 2 aromatic rings. The van der Waals surface area contributed by atoms with Crippen molar-refractivity contribution in [1.29, 1.82) is 0 Å². The van der Waals surface area contributed by atoms with Crippen LogP contribution in [0.3, 0.4) is 0 Å². The number of hydrogen-bond acceptors (Lipinski definition) is 1. The smallest absolute Gasteiger partial charge is 0.122 e. The Morgan fingerprint density at radius 1 is 1.00 bits per heavy atom. The molecule has 0 aliphatic carbocycles. The zero-order chi connectivity index (χ0) is 14.4. The Morgan fingerprint density at radius 3 is 2.45 bits per heavy atom. The van der Waals surface area contributed by atoms with Crippen LogP contribution in [0.4, 0.5) is 0 Å². The molecule has 2 aromatic carbocycles. The van der Waals surface area contributed by atoms with Gasteiger partial charge in [-0.15, -0.1) is 0 Å². The van der Waals surface area contributed by atoms with Gasteiger partial charge in [-0.2, -0.15) is 0 Å². The van der Waals surface area contributed by atoms with Crippen LogP contribution in [0, 0.1) is 13.8 Å². The summed E-state index contributed by atoms with van der Waals surface area (Å²) in [7, 11) is 1.73. The van der Waals surface area contributed by atoms with E-state index in [0.717, 1.165) is 25.3 Å². The molecule has 0 bridgehead atoms. The quantitative estimate of drug-likeness (QED) is 0.802. The predicted octanol–water partition coefficient (Wildman–Crippen LogP) is 2.62. The van der Waals surface area contributed by atoms with Crippen molar-refractivity contribution >= 4 is 0 Å². The molecule has 0 saturated heterocycles. The lowest BCUT2D eigenvalue weighted by molar-refractivity contribution is -0.670. The van der Waals surface area contributed by atoms with E-state index in [-0.39, 0.29) is 0 Å². The van der Waals surface area contributed by atoms with Crippen LogP contribution in [0.1, 0.15) is 22.3 Å². The highest BCUT2D eigenvalue weighted by atomic mass is 16.5. The number of benzene rings is 2. The van der Waals surface area contributed by atoms with Crippen molar-refractivity contribution in [3.05, 3.63) is 64.7 Å². The SMILES string of the molecule is COc1cc(C)c(C[NH2+]CCc2ccccc2)cc1C. The first-order chi connectivity index (χ1) is 9.70. The van der Waals surface area contributed by atoms with Crippen LogP contribution in [0.5, 0.6) is 5.75 Å². The van der Waals surface area contributed by atoms with Gasteiger partial charge in [0.1, 0.15) is 12.3 Å². The van der Waals surface area contributed by atoms with Crippen LogP contribution in [-0.4, -0.2) is 13.7 Å². The van der Waals surface area contributed by atoms with Crippen molar-refractivity contribution in [1.82, 2.24) is 0 Å². The molecule has 106 valence electrons. The molecule has 0 amide bonds. The molecular weight excluding hydrogens is 246 g/mol. The number of hydrogen-bond donors (Lipinski definition) is 1. The summed E-state index contributed by atoms with van der Waals surface area (Å²) in [5, 5.41) is 2.38. The Labute approximate surface area is 121 Å². The first-order valence-electron chi connectivity index (χ1n) is 7.20. The fourth-order valence-electron chi connectivity index (χ4n) is 2.46. The summed E-state index contributed by atoms with van der Waals surface area (Å²) < 4.78 is 5.35. The van der Waals surface area contributed by atoms with Gasteiger partial charge < -0.3 is 10.1 Å². The average molecular weight is 270 g/mol. The van der Waals surface area contributed by atoms with Crippen LogP contribution >= 0.6 is 0 Å². The summed E-state index contributed by atoms with van der Waals surface area (Å²) in [5.41, 5.74) is 5.33. The highest BCUT2D eigenvalue weighted by molar-refractivity contribution is 5.41. The molecular formula is C18H24NO+. The molecule has 0 aromatic heterocycles. The van der Waals surface area contributed by atoms with E-state index in [1.807, 2.05) is 0 Å². The normalized spacial score (nSPS) is 10.6. The Kier molecular flexibility index (Phi) is 5.19. The molecule has 20 heavy (non-hydrogen) atoms. The zero-order valence-electron chi connectivity index (χ0n) is 12.6. The van der Waals surface area contributed by atoms with Gasteiger partial charge in [0.2, 0.25) is 0 Å². The van der Waals surface area contributed by atoms with Crippen molar-refractivity contribution in [2.75, 3.05) is 13.7 Å². The molecule has 0 atom stereocenters. The van der Waals surface area contributed by atoms with Gasteiger partial charge in [-0.1, -0.05) is 30.3 Å². The number of rotatable bonds is 6. The predicted molar refractivity (Wildman–Crippen MR) is 83.1 cm³/mol. The van der Waals surface area contributed by atoms with E-state index in [4.69, 9.17) is 4.74 Å². The van der Waals surface area contributed by atoms with Crippen molar-refractivity contribution in [2.24, 2.45) is 0 Å². The molecule has 0 aliphatic heterocycles. The lowest BCUT2D eigenvalue weighted by Gasteiger charge is -2.10. The molecule has 2 heteroatoms. The summed E-state index contributed by atoms with van der Waals surface area (Å²) in [5.74, 6) is 0.982. The van der Waals surface area contributed by atoms with Gasteiger partial charge in [0.25, 0.3) is 0 Å². The van der Waals surface area contributed by atoms with Gasteiger partial charge in [0, 0.05) is 12.0 Å². The second-order valence-electron chi connectivity index (χ2n) is 5.27. The molecule has 2 N–H and O–H groups in total. The van der Waals surface area contributed by atoms with Crippen molar-refractivity contribution in [3.63, 3.8) is 0 Å². The van der Waals surface area contributed by atoms with Gasteiger partial charge in [-0.25, -0.2) is 0 Å². The molecule has 0 fully saturated rings. The molecule has 0 saturated carbocycles. The number of ether oxygens (including phenoxy) is 1. The molecule has 0 unspecified atom stereocenters. The monoisotopic (exact) mass is 270 g/mol. The molecule has 2 nitrogen and oxygen atoms in total. The highest BCUT2D eigenvalue weighted by Gasteiger charge is 2.06. The second-order valence-corrected chi connectivity index (χ2v) is 5.27. The topological polar surface area (TPSA) is 25.8 Å². The second kappa shape index (κ2) is 7.11. The van der Waals surface area contributed by atoms with Crippen molar-refractivity contribution in [3.8, 4) is 5.75 Å². The summed E-state index contributed by atoms with van der Waals surface area (Å²) in [6.07, 6.45) is 1.12. The largest absolute Gasteiger partial charge is 0.496 e. The summed E-state index contributed by atoms with van der Waals surface area (Å²) >= 11 is 0. The fraction of sp³-hybridized carbons (Fsp3) is 0.333. The van der Waals surface area contributed by atoms with E-state index >= 15 is 0 Å². The first-order valence-corrected chi connectivity index (χ1v) is 7.20. The third-order valence-corrected chi connectivity index (χ3v) is 3.70. The third kappa shape index (κ3) is 3.84. The maximum absolute atomic E-state index is 5.35. The average Bonchev–Trinajstić information content (AvgIpc) is 2.47. The standard InChI is InChI=1S/C18H23NO/c1-14-12-18(20-3)15(2)11-17(14)13-19-10-9-16-7-5-4-6-8-16/h4-8,11-12,19H,9-10,13H2,1-3H3/p+1. The molecule has 0 heterocycles. The summed E-state index contributed by atoms with van der Waals surface area (Å²) in [6, 6.07) is 15.0. The summed E-state index contributed by atoms with van der Waals surface area (Å²) in [4.78, 5) is 0. The van der Waals surface area contributed by atoms with Crippen molar-refractivity contribution < 1.29 is 10.1 Å². The van der Waals surface area contributed by atoms with Gasteiger partial charge in [0.15, 0.2) is 0 Å². The highest BCUT2D eigenvalue weighted by Crippen LogP contribution is 2.21. The van der Waals surface area contributed by atoms with Crippen LogP contribution in [0.25, 0.3) is 0 Å². The van der Waals surface area contributed by atoms with E-state index in [1.54, 1.807) is 7.11 Å². The van der Waals surface area contributed by atoms with Crippen LogP contribution in [-0.2, 0) is 13.0 Å². The van der Waals surface area contributed by atoms with Gasteiger partial charge in [0.05, 0.1) is 13.7 Å². The van der Waals surface area contributed by atoms with Gasteiger partial charge in [-0.05, 0) is 42.7 Å². The van der Waals surface area contributed by atoms with Crippen LogP contribution in [0.2, 0.25) is 0 Å². The third-order valence-electron chi connectivity index (χ3n) is 3.70. The van der Waals surface area contributed by atoms with E-state index in [0.29, 0.717) is 0 Å². The minimum atomic E-state index is 0.982. The molecule has 0 aliphatic rings. The lowest BCUT2D eigenvalue weighted by atomic mass is 10.0. The summed E-state index contributed by atoms with van der Waals surface area (Å²) in [6.45, 7) is 6.41. The lowest BCUT2D eigenvalue weighted by Crippen LogP contribution is -2.83.